The van der Waals surface area contributed by atoms with E-state index in [1.54, 1.807) is 6.92 Å². The maximum absolute atomic E-state index is 12.0. The molecule has 1 rings (SSSR count). The second kappa shape index (κ2) is 6.53. The van der Waals surface area contributed by atoms with Crippen molar-refractivity contribution in [2.24, 2.45) is 0 Å². The van der Waals surface area contributed by atoms with Crippen molar-refractivity contribution in [2.75, 3.05) is 20.2 Å². The first-order valence-corrected chi connectivity index (χ1v) is 5.50. The number of nitrogens with zero attached hydrogens (tertiary/aromatic N) is 2. The van der Waals surface area contributed by atoms with Crippen LogP contribution in [0, 0.1) is 0 Å². The first kappa shape index (κ1) is 13.9. The summed E-state index contributed by atoms with van der Waals surface area (Å²) < 4.78 is 4.51. The molecule has 0 spiro atoms. The molecule has 7 heteroatoms. The first-order chi connectivity index (χ1) is 8.58. The third-order valence-electron chi connectivity index (χ3n) is 2.38. The predicted molar refractivity (Wildman–Crippen MR) is 63.1 cm³/mol. The van der Waals surface area contributed by atoms with Crippen LogP contribution in [-0.4, -0.2) is 47.2 Å². The van der Waals surface area contributed by atoms with E-state index in [1.807, 2.05) is 0 Å². The van der Waals surface area contributed by atoms with Crippen molar-refractivity contribution in [1.29, 1.82) is 0 Å². The number of ether oxygens (including phenoxy) is 1. The minimum atomic E-state index is -0.379. The van der Waals surface area contributed by atoms with Gasteiger partial charge in [-0.25, -0.2) is 5.10 Å². The van der Waals surface area contributed by atoms with Crippen molar-refractivity contribution in [3.63, 3.8) is 0 Å². The summed E-state index contributed by atoms with van der Waals surface area (Å²) in [5.41, 5.74) is -0.231. The van der Waals surface area contributed by atoms with E-state index in [0.717, 1.165) is 0 Å². The molecule has 0 unspecified atom stereocenters. The smallest absolute Gasteiger partial charge is 0.307 e. The second-order valence-corrected chi connectivity index (χ2v) is 3.52. The maximum atomic E-state index is 12.0. The van der Waals surface area contributed by atoms with E-state index in [9.17, 15) is 14.4 Å². The van der Waals surface area contributed by atoms with Crippen LogP contribution in [0.1, 0.15) is 23.8 Å². The molecule has 0 fully saturated rings. The van der Waals surface area contributed by atoms with E-state index in [4.69, 9.17) is 0 Å². The van der Waals surface area contributed by atoms with Crippen LogP contribution in [0.5, 0.6) is 0 Å². The number of hydrogen-bond donors (Lipinski definition) is 1. The predicted octanol–water partition coefficient (Wildman–Crippen LogP) is -0.205. The van der Waals surface area contributed by atoms with Crippen LogP contribution in [0.15, 0.2) is 16.9 Å². The number of esters is 1. The number of rotatable bonds is 5. The van der Waals surface area contributed by atoms with Crippen molar-refractivity contribution < 1.29 is 14.3 Å². The quantitative estimate of drug-likeness (QED) is 0.733. The lowest BCUT2D eigenvalue weighted by atomic mass is 10.3. The van der Waals surface area contributed by atoms with Gasteiger partial charge in [-0.05, 0) is 13.0 Å². The topological polar surface area (TPSA) is 92.4 Å². The maximum Gasteiger partial charge on any atom is 0.307 e. The molecule has 0 aliphatic carbocycles. The summed E-state index contributed by atoms with van der Waals surface area (Å²) in [4.78, 5) is 35.3. The Hall–Kier alpha value is -2.18. The molecule has 0 atom stereocenters. The van der Waals surface area contributed by atoms with Gasteiger partial charge in [0.1, 0.15) is 5.69 Å². The number of nitrogens with one attached hydrogen (secondary N) is 1. The van der Waals surface area contributed by atoms with Gasteiger partial charge in [-0.2, -0.15) is 5.10 Å². The van der Waals surface area contributed by atoms with Crippen LogP contribution in [0.25, 0.3) is 0 Å². The van der Waals surface area contributed by atoms with Crippen LogP contribution >= 0.6 is 0 Å². The number of aromatic nitrogens is 2. The zero-order chi connectivity index (χ0) is 13.5. The summed E-state index contributed by atoms with van der Waals surface area (Å²) in [7, 11) is 1.30. The lowest BCUT2D eigenvalue weighted by molar-refractivity contribution is -0.140. The van der Waals surface area contributed by atoms with Gasteiger partial charge < -0.3 is 9.64 Å². The van der Waals surface area contributed by atoms with Crippen molar-refractivity contribution in [3.05, 3.63) is 28.2 Å². The van der Waals surface area contributed by atoms with Crippen LogP contribution in [0.2, 0.25) is 0 Å². The molecule has 1 aromatic heterocycles. The molecule has 1 heterocycles. The summed E-state index contributed by atoms with van der Waals surface area (Å²) in [6.07, 6.45) is 0.124. The van der Waals surface area contributed by atoms with E-state index >= 15 is 0 Å². The van der Waals surface area contributed by atoms with E-state index in [-0.39, 0.29) is 36.1 Å². The van der Waals surface area contributed by atoms with E-state index in [0.29, 0.717) is 6.54 Å². The van der Waals surface area contributed by atoms with E-state index < -0.39 is 0 Å². The average Bonchev–Trinajstić information content (AvgIpc) is 2.39. The van der Waals surface area contributed by atoms with Crippen LogP contribution in [0.3, 0.4) is 0 Å². The number of carbonyl (C=O) groups is 2. The fourth-order valence-corrected chi connectivity index (χ4v) is 1.36. The molecule has 0 radical (unpaired) electrons. The lowest BCUT2D eigenvalue weighted by Crippen LogP contribution is -2.34. The molecule has 0 aliphatic heterocycles. The molecule has 18 heavy (non-hydrogen) atoms. The highest BCUT2D eigenvalue weighted by molar-refractivity contribution is 5.92. The molecular weight excluding hydrogens is 238 g/mol. The van der Waals surface area contributed by atoms with E-state index in [2.05, 4.69) is 14.9 Å². The Kier molecular flexibility index (Phi) is 5.04. The first-order valence-electron chi connectivity index (χ1n) is 5.50. The molecule has 0 aromatic carbocycles. The number of hydrogen-bond acceptors (Lipinski definition) is 5. The summed E-state index contributed by atoms with van der Waals surface area (Å²) in [5, 5.41) is 5.84. The van der Waals surface area contributed by atoms with Gasteiger partial charge >= 0.3 is 5.97 Å². The Bertz CT molecular complexity index is 463. The Balaban J connectivity index is 2.70. The summed E-state index contributed by atoms with van der Waals surface area (Å²) in [6, 6.07) is 2.58. The lowest BCUT2D eigenvalue weighted by Gasteiger charge is -2.19. The molecule has 1 amide bonds. The van der Waals surface area contributed by atoms with Gasteiger partial charge in [-0.15, -0.1) is 0 Å². The average molecular weight is 253 g/mol. The minimum absolute atomic E-state index is 0.124. The SMILES string of the molecule is CCN(CCC(=O)OC)C(=O)c1ccc(=O)[nH]n1. The summed E-state index contributed by atoms with van der Waals surface area (Å²) in [5.74, 6) is -0.715. The van der Waals surface area contributed by atoms with Gasteiger partial charge in [0.25, 0.3) is 11.5 Å². The molecular formula is C11H15N3O4. The summed E-state index contributed by atoms with van der Waals surface area (Å²) >= 11 is 0. The van der Waals surface area contributed by atoms with Crippen LogP contribution in [-0.2, 0) is 9.53 Å². The molecule has 1 aromatic rings. The third-order valence-corrected chi connectivity index (χ3v) is 2.38. The van der Waals surface area contributed by atoms with Gasteiger partial charge in [-0.1, -0.05) is 0 Å². The monoisotopic (exact) mass is 253 g/mol. The largest absolute Gasteiger partial charge is 0.469 e. The van der Waals surface area contributed by atoms with Crippen molar-refractivity contribution in [3.8, 4) is 0 Å². The fraction of sp³-hybridized carbons (Fsp3) is 0.455. The number of amides is 1. The molecule has 1 N–H and O–H groups in total. The second-order valence-electron chi connectivity index (χ2n) is 3.52. The number of H-pyrrole nitrogens is 1. The number of aromatic amines is 1. The van der Waals surface area contributed by atoms with Gasteiger partial charge in [-0.3, -0.25) is 14.4 Å². The van der Waals surface area contributed by atoms with Crippen molar-refractivity contribution in [2.45, 2.75) is 13.3 Å². The van der Waals surface area contributed by atoms with Crippen molar-refractivity contribution >= 4 is 11.9 Å². The molecule has 0 bridgehead atoms. The highest BCUT2D eigenvalue weighted by atomic mass is 16.5. The van der Waals surface area contributed by atoms with Gasteiger partial charge in [0, 0.05) is 19.2 Å². The molecule has 0 saturated heterocycles. The standard InChI is InChI=1S/C11H15N3O4/c1-3-14(7-6-10(16)18-2)11(17)8-4-5-9(15)13-12-8/h4-5H,3,6-7H2,1-2H3,(H,13,15). The highest BCUT2D eigenvalue weighted by Gasteiger charge is 2.16. The van der Waals surface area contributed by atoms with Crippen LogP contribution in [0.4, 0.5) is 0 Å². The Morgan fingerprint density at radius 2 is 2.17 bits per heavy atom. The van der Waals surface area contributed by atoms with Gasteiger partial charge in [0.2, 0.25) is 0 Å². The Labute approximate surface area is 104 Å². The number of methoxy groups -OCH3 is 1. The van der Waals surface area contributed by atoms with Gasteiger partial charge in [0.15, 0.2) is 0 Å². The zero-order valence-corrected chi connectivity index (χ0v) is 10.3. The third kappa shape index (κ3) is 3.69. The Morgan fingerprint density at radius 1 is 1.44 bits per heavy atom. The molecule has 98 valence electrons. The summed E-state index contributed by atoms with van der Waals surface area (Å²) in [6.45, 7) is 2.49. The Morgan fingerprint density at radius 3 is 2.67 bits per heavy atom. The van der Waals surface area contributed by atoms with E-state index in [1.165, 1.54) is 24.1 Å². The highest BCUT2D eigenvalue weighted by Crippen LogP contribution is 2.01. The van der Waals surface area contributed by atoms with Gasteiger partial charge in [0.05, 0.1) is 13.5 Å². The molecule has 0 aliphatic rings. The molecule has 0 saturated carbocycles. The van der Waals surface area contributed by atoms with Crippen LogP contribution < -0.4 is 5.56 Å². The zero-order valence-electron chi connectivity index (χ0n) is 10.3. The van der Waals surface area contributed by atoms with Crippen molar-refractivity contribution in [1.82, 2.24) is 15.1 Å². The fourth-order valence-electron chi connectivity index (χ4n) is 1.36. The normalized spacial score (nSPS) is 9.89. The minimum Gasteiger partial charge on any atom is -0.469 e. The molecule has 7 nitrogen and oxygen atoms in total. The number of carbonyl (C=O) groups excluding carboxylic acids is 2.